The Morgan fingerprint density at radius 3 is 2.54 bits per heavy atom. The lowest BCUT2D eigenvalue weighted by Crippen LogP contribution is -2.30. The molecule has 0 aliphatic rings. The molecule has 1 nitrogen and oxygen atoms in total. The fourth-order valence-corrected chi connectivity index (χ4v) is 1.32. The maximum absolute atomic E-state index is 4.41. The molecule has 1 aromatic rings. The summed E-state index contributed by atoms with van der Waals surface area (Å²) in [5.41, 5.74) is 2.69. The predicted molar refractivity (Wildman–Crippen MR) is 57.6 cm³/mol. The first kappa shape index (κ1) is 9.97. The van der Waals surface area contributed by atoms with Gasteiger partial charge in [-0.2, -0.15) is 0 Å². The van der Waals surface area contributed by atoms with E-state index in [9.17, 15) is 0 Å². The van der Waals surface area contributed by atoms with Crippen LogP contribution in [0.25, 0.3) is 11.1 Å². The van der Waals surface area contributed by atoms with Gasteiger partial charge in [0.2, 0.25) is 0 Å². The summed E-state index contributed by atoms with van der Waals surface area (Å²) in [6.07, 6.45) is 2.93. The van der Waals surface area contributed by atoms with E-state index >= 15 is 0 Å². The smallest absolute Gasteiger partial charge is 0.0690 e. The zero-order valence-corrected chi connectivity index (χ0v) is 8.89. The number of aromatic nitrogens is 1. The highest BCUT2D eigenvalue weighted by molar-refractivity contribution is 5.45. The van der Waals surface area contributed by atoms with E-state index in [1.165, 1.54) is 16.4 Å². The Hall–Kier alpha value is -1.11. The summed E-state index contributed by atoms with van der Waals surface area (Å²) in [6, 6.07) is 4.13. The first-order valence-corrected chi connectivity index (χ1v) is 4.75. The van der Waals surface area contributed by atoms with Crippen molar-refractivity contribution in [1.29, 1.82) is 0 Å². The number of pyridine rings is 1. The second-order valence-corrected chi connectivity index (χ2v) is 3.53. The van der Waals surface area contributed by atoms with Crippen LogP contribution < -0.4 is 10.6 Å². The van der Waals surface area contributed by atoms with E-state index in [1.807, 2.05) is 12.3 Å². The lowest BCUT2D eigenvalue weighted by molar-refractivity contribution is 1.12. The standard InChI is InChI=1S/C12H17N/c1-5-10(4)12-11(9(2)3)7-6-8-13-12/h6-8H,5H2,1-4H3/b12-10-. The first-order chi connectivity index (χ1) is 6.16. The SMILES string of the molecule is CC/C(C)=c1\ncccc1=C(C)C. The molecule has 1 heterocycles. The van der Waals surface area contributed by atoms with Crippen molar-refractivity contribution in [2.24, 2.45) is 0 Å². The van der Waals surface area contributed by atoms with E-state index in [1.54, 1.807) is 0 Å². The van der Waals surface area contributed by atoms with Crippen molar-refractivity contribution in [1.82, 2.24) is 4.98 Å². The van der Waals surface area contributed by atoms with Crippen LogP contribution in [0.1, 0.15) is 34.1 Å². The van der Waals surface area contributed by atoms with Crippen LogP contribution in [0.4, 0.5) is 0 Å². The molecule has 0 spiro atoms. The Kier molecular flexibility index (Phi) is 3.24. The molecule has 0 amide bonds. The topological polar surface area (TPSA) is 12.9 Å². The zero-order valence-electron chi connectivity index (χ0n) is 8.89. The van der Waals surface area contributed by atoms with Gasteiger partial charge in [0.25, 0.3) is 0 Å². The number of nitrogens with zero attached hydrogens (tertiary/aromatic N) is 1. The largest absolute Gasteiger partial charge is 0.256 e. The van der Waals surface area contributed by atoms with Crippen LogP contribution in [-0.2, 0) is 0 Å². The summed E-state index contributed by atoms with van der Waals surface area (Å²) < 4.78 is 0. The Morgan fingerprint density at radius 1 is 1.31 bits per heavy atom. The van der Waals surface area contributed by atoms with Crippen molar-refractivity contribution in [3.63, 3.8) is 0 Å². The number of hydrogen-bond acceptors (Lipinski definition) is 1. The molecule has 1 heteroatoms. The van der Waals surface area contributed by atoms with Gasteiger partial charge < -0.3 is 0 Å². The summed E-state index contributed by atoms with van der Waals surface area (Å²) in [4.78, 5) is 4.41. The molecule has 0 radical (unpaired) electrons. The molecule has 0 aliphatic heterocycles. The molecule has 0 unspecified atom stereocenters. The van der Waals surface area contributed by atoms with Crippen molar-refractivity contribution >= 4 is 11.1 Å². The highest BCUT2D eigenvalue weighted by Gasteiger charge is 1.92. The molecule has 0 aliphatic carbocycles. The lowest BCUT2D eigenvalue weighted by atomic mass is 10.1. The Morgan fingerprint density at radius 2 is 2.00 bits per heavy atom. The summed E-state index contributed by atoms with van der Waals surface area (Å²) in [5, 5.41) is 2.44. The molecule has 1 aromatic heterocycles. The predicted octanol–water partition coefficient (Wildman–Crippen LogP) is 1.85. The average molecular weight is 175 g/mol. The minimum absolute atomic E-state index is 1.07. The molecule has 13 heavy (non-hydrogen) atoms. The van der Waals surface area contributed by atoms with Gasteiger partial charge in [0.1, 0.15) is 0 Å². The molecule has 0 saturated carbocycles. The Balaban J connectivity index is 3.66. The fraction of sp³-hybridized carbons (Fsp3) is 0.417. The van der Waals surface area contributed by atoms with E-state index in [2.05, 4.69) is 38.7 Å². The van der Waals surface area contributed by atoms with Gasteiger partial charge in [-0.05, 0) is 44.1 Å². The molecule has 0 bridgehead atoms. The summed E-state index contributed by atoms with van der Waals surface area (Å²) in [6.45, 7) is 8.57. The van der Waals surface area contributed by atoms with Crippen molar-refractivity contribution < 1.29 is 0 Å². The number of rotatable bonds is 1. The lowest BCUT2D eigenvalue weighted by Gasteiger charge is -1.97. The molecule has 70 valence electrons. The third-order valence-corrected chi connectivity index (χ3v) is 2.28. The van der Waals surface area contributed by atoms with Crippen LogP contribution in [0, 0.1) is 0 Å². The Bertz CT molecular complexity index is 397. The molecule has 0 fully saturated rings. The highest BCUT2D eigenvalue weighted by Crippen LogP contribution is 1.93. The van der Waals surface area contributed by atoms with Crippen LogP contribution >= 0.6 is 0 Å². The average Bonchev–Trinajstić information content (AvgIpc) is 2.16. The quantitative estimate of drug-likeness (QED) is 0.635. The van der Waals surface area contributed by atoms with Crippen LogP contribution in [0.15, 0.2) is 18.3 Å². The highest BCUT2D eigenvalue weighted by atomic mass is 14.6. The second kappa shape index (κ2) is 4.22. The van der Waals surface area contributed by atoms with Gasteiger partial charge in [-0.3, -0.25) is 4.98 Å². The molecule has 0 N–H and O–H groups in total. The van der Waals surface area contributed by atoms with Gasteiger partial charge in [-0.15, -0.1) is 0 Å². The van der Waals surface area contributed by atoms with E-state index < -0.39 is 0 Å². The molecule has 0 atom stereocenters. The first-order valence-electron chi connectivity index (χ1n) is 4.75. The van der Waals surface area contributed by atoms with Gasteiger partial charge >= 0.3 is 0 Å². The maximum Gasteiger partial charge on any atom is 0.0690 e. The molecule has 0 aromatic carbocycles. The van der Waals surface area contributed by atoms with Gasteiger partial charge in [-0.1, -0.05) is 18.6 Å². The van der Waals surface area contributed by atoms with Gasteiger partial charge in [0, 0.05) is 6.20 Å². The molecule has 0 saturated heterocycles. The van der Waals surface area contributed by atoms with Crippen molar-refractivity contribution in [2.45, 2.75) is 34.1 Å². The van der Waals surface area contributed by atoms with Crippen molar-refractivity contribution in [3.8, 4) is 0 Å². The Labute approximate surface area is 79.8 Å². The van der Waals surface area contributed by atoms with Crippen molar-refractivity contribution in [2.75, 3.05) is 0 Å². The molecule has 1 rings (SSSR count). The van der Waals surface area contributed by atoms with Gasteiger partial charge in [-0.25, -0.2) is 0 Å². The monoisotopic (exact) mass is 175 g/mol. The van der Waals surface area contributed by atoms with Gasteiger partial charge in [0.15, 0.2) is 0 Å². The minimum Gasteiger partial charge on any atom is -0.256 e. The van der Waals surface area contributed by atoms with E-state index in [0.29, 0.717) is 0 Å². The van der Waals surface area contributed by atoms with E-state index in [0.717, 1.165) is 11.8 Å². The summed E-state index contributed by atoms with van der Waals surface area (Å²) >= 11 is 0. The zero-order chi connectivity index (χ0) is 9.84. The minimum atomic E-state index is 1.07. The van der Waals surface area contributed by atoms with E-state index in [-0.39, 0.29) is 0 Å². The van der Waals surface area contributed by atoms with Crippen LogP contribution in [-0.4, -0.2) is 4.98 Å². The molecular weight excluding hydrogens is 158 g/mol. The normalized spacial score (nSPS) is 12.6. The van der Waals surface area contributed by atoms with Crippen molar-refractivity contribution in [3.05, 3.63) is 28.9 Å². The fourth-order valence-electron chi connectivity index (χ4n) is 1.32. The van der Waals surface area contributed by atoms with Gasteiger partial charge in [0.05, 0.1) is 5.35 Å². The summed E-state index contributed by atoms with van der Waals surface area (Å²) in [7, 11) is 0. The molecular formula is C12H17N. The van der Waals surface area contributed by atoms with Crippen LogP contribution in [0.2, 0.25) is 0 Å². The maximum atomic E-state index is 4.41. The van der Waals surface area contributed by atoms with Crippen LogP contribution in [0.5, 0.6) is 0 Å². The van der Waals surface area contributed by atoms with Crippen LogP contribution in [0.3, 0.4) is 0 Å². The third kappa shape index (κ3) is 2.18. The number of hydrogen-bond donors (Lipinski definition) is 0. The van der Waals surface area contributed by atoms with E-state index in [4.69, 9.17) is 0 Å². The second-order valence-electron chi connectivity index (χ2n) is 3.53. The summed E-state index contributed by atoms with van der Waals surface area (Å²) in [5.74, 6) is 0. The third-order valence-electron chi connectivity index (χ3n) is 2.28.